The van der Waals surface area contributed by atoms with Crippen molar-refractivity contribution in [1.29, 1.82) is 0 Å². The first-order chi connectivity index (χ1) is 11.1. The molecule has 0 spiro atoms. The number of epoxide rings is 1. The van der Waals surface area contributed by atoms with Gasteiger partial charge in [-0.3, -0.25) is 9.59 Å². The molecule has 0 aromatic rings. The zero-order valence-corrected chi connectivity index (χ0v) is 15.1. The Kier molecular flexibility index (Phi) is 3.08. The lowest BCUT2D eigenvalue weighted by Gasteiger charge is -2.53. The Labute approximate surface area is 143 Å². The minimum Gasteiger partial charge on any atom is -0.507 e. The van der Waals surface area contributed by atoms with E-state index in [1.807, 2.05) is 13.8 Å². The summed E-state index contributed by atoms with van der Waals surface area (Å²) < 4.78 is 5.98. The smallest absolute Gasteiger partial charge is 0.233 e. The highest BCUT2D eigenvalue weighted by Crippen LogP contribution is 2.66. The molecule has 3 aliphatic carbocycles. The number of ketones is 2. The Morgan fingerprint density at radius 1 is 1.12 bits per heavy atom. The minimum absolute atomic E-state index is 0.0140. The van der Waals surface area contributed by atoms with Crippen LogP contribution < -0.4 is 0 Å². The number of ether oxygens (including phenoxy) is 1. The van der Waals surface area contributed by atoms with Crippen LogP contribution in [0.3, 0.4) is 0 Å². The van der Waals surface area contributed by atoms with Crippen molar-refractivity contribution in [1.82, 2.24) is 0 Å². The number of Topliss-reactive ketones (excluding diaryl/α,β-unsaturated/α-hetero) is 2. The van der Waals surface area contributed by atoms with Crippen LogP contribution in [0.2, 0.25) is 0 Å². The maximum atomic E-state index is 13.0. The molecule has 2 fully saturated rings. The summed E-state index contributed by atoms with van der Waals surface area (Å²) >= 11 is 0. The normalized spacial score (nSPS) is 40.5. The van der Waals surface area contributed by atoms with Crippen molar-refractivity contribution in [2.45, 2.75) is 66.1 Å². The van der Waals surface area contributed by atoms with Gasteiger partial charge in [-0.2, -0.15) is 0 Å². The zero-order valence-electron chi connectivity index (χ0n) is 15.1. The van der Waals surface area contributed by atoms with E-state index < -0.39 is 17.0 Å². The first-order valence-corrected chi connectivity index (χ1v) is 9.04. The first-order valence-electron chi connectivity index (χ1n) is 9.04. The van der Waals surface area contributed by atoms with Crippen molar-refractivity contribution in [2.75, 3.05) is 0 Å². The van der Waals surface area contributed by atoms with Crippen molar-refractivity contribution in [3.05, 3.63) is 22.5 Å². The van der Waals surface area contributed by atoms with Crippen LogP contribution in [0.1, 0.15) is 53.9 Å². The molecule has 0 amide bonds. The molecule has 0 aromatic carbocycles. The third-order valence-electron chi connectivity index (χ3n) is 6.79. The van der Waals surface area contributed by atoms with Crippen molar-refractivity contribution in [3.8, 4) is 0 Å². The predicted octanol–water partition coefficient (Wildman–Crippen LogP) is 3.52. The summed E-state index contributed by atoms with van der Waals surface area (Å²) in [5.74, 6) is -0.886. The lowest BCUT2D eigenvalue weighted by molar-refractivity contribution is -0.134. The number of aliphatic hydroxyl groups excluding tert-OH is 1. The lowest BCUT2D eigenvalue weighted by Crippen LogP contribution is -2.52. The summed E-state index contributed by atoms with van der Waals surface area (Å²) in [6.45, 7) is 10.3. The molecular formula is C20H26O4. The minimum atomic E-state index is -0.524. The van der Waals surface area contributed by atoms with Gasteiger partial charge in [-0.15, -0.1) is 0 Å². The van der Waals surface area contributed by atoms with Gasteiger partial charge in [-0.05, 0) is 24.2 Å². The van der Waals surface area contributed by atoms with Gasteiger partial charge in [0.15, 0.2) is 0 Å². The number of carbonyl (C=O) groups is 2. The van der Waals surface area contributed by atoms with Gasteiger partial charge in [0, 0.05) is 28.1 Å². The topological polar surface area (TPSA) is 66.9 Å². The van der Waals surface area contributed by atoms with Crippen LogP contribution >= 0.6 is 0 Å². The summed E-state index contributed by atoms with van der Waals surface area (Å²) in [6.07, 6.45) is 2.83. The third-order valence-corrected chi connectivity index (χ3v) is 6.79. The summed E-state index contributed by atoms with van der Waals surface area (Å²) in [4.78, 5) is 25.7. The monoisotopic (exact) mass is 330 g/mol. The van der Waals surface area contributed by atoms with Crippen molar-refractivity contribution < 1.29 is 19.4 Å². The molecule has 0 aromatic heterocycles. The fourth-order valence-electron chi connectivity index (χ4n) is 5.89. The van der Waals surface area contributed by atoms with Crippen molar-refractivity contribution >= 4 is 11.6 Å². The molecule has 0 bridgehead atoms. The van der Waals surface area contributed by atoms with E-state index in [0.29, 0.717) is 11.1 Å². The predicted molar refractivity (Wildman–Crippen MR) is 89.4 cm³/mol. The Balaban J connectivity index is 1.97. The number of allylic oxidation sites excluding steroid dienone is 2. The molecule has 0 radical (unpaired) electrons. The number of hydrogen-bond acceptors (Lipinski definition) is 4. The maximum Gasteiger partial charge on any atom is 0.233 e. The molecule has 4 heteroatoms. The van der Waals surface area contributed by atoms with E-state index in [1.54, 1.807) is 0 Å². The summed E-state index contributed by atoms with van der Waals surface area (Å²) in [6, 6.07) is 0. The molecular weight excluding hydrogens is 304 g/mol. The number of hydrogen-bond donors (Lipinski definition) is 1. The van der Waals surface area contributed by atoms with Crippen LogP contribution in [-0.2, 0) is 14.3 Å². The number of rotatable bonds is 1. The summed E-state index contributed by atoms with van der Waals surface area (Å²) in [5.41, 5.74) is 1.09. The summed E-state index contributed by atoms with van der Waals surface area (Å²) in [5, 5.41) is 10.8. The van der Waals surface area contributed by atoms with E-state index in [9.17, 15) is 14.7 Å². The SMILES string of the molecule is CC(C)C1=C(O)C2=C(C(=O)C1=O)C1(C)CCCC(C)(C)C1C1O[C@@H]21. The van der Waals surface area contributed by atoms with Crippen LogP contribution in [0.15, 0.2) is 22.5 Å². The Morgan fingerprint density at radius 2 is 1.79 bits per heavy atom. The van der Waals surface area contributed by atoms with Gasteiger partial charge in [0.2, 0.25) is 11.6 Å². The van der Waals surface area contributed by atoms with Crippen LogP contribution in [0.25, 0.3) is 0 Å². The molecule has 1 aliphatic heterocycles. The van der Waals surface area contributed by atoms with E-state index in [2.05, 4.69) is 20.8 Å². The highest BCUT2D eigenvalue weighted by Gasteiger charge is 2.67. The number of aliphatic hydroxyl groups is 1. The second-order valence-electron chi connectivity index (χ2n) is 9.12. The summed E-state index contributed by atoms with van der Waals surface area (Å²) in [7, 11) is 0. The van der Waals surface area contributed by atoms with E-state index in [0.717, 1.165) is 19.3 Å². The largest absolute Gasteiger partial charge is 0.507 e. The Morgan fingerprint density at radius 3 is 2.42 bits per heavy atom. The Hall–Kier alpha value is -1.42. The van der Waals surface area contributed by atoms with Gasteiger partial charge < -0.3 is 9.84 Å². The molecule has 130 valence electrons. The van der Waals surface area contributed by atoms with Crippen molar-refractivity contribution in [3.63, 3.8) is 0 Å². The van der Waals surface area contributed by atoms with E-state index >= 15 is 0 Å². The fourth-order valence-corrected chi connectivity index (χ4v) is 5.89. The van der Waals surface area contributed by atoms with Crippen LogP contribution in [0.4, 0.5) is 0 Å². The second kappa shape index (κ2) is 4.60. The lowest BCUT2D eigenvalue weighted by atomic mass is 9.48. The standard InChI is InChI=1S/C20H26O4/c1-9(2)10-13(21)11-12(15(23)14(10)22)20(5)8-6-7-19(3,4)18(20)17-16(11)24-17/h9,16-18,21H,6-8H2,1-5H3/t16-,17?,18?,20?/m0/s1. The molecule has 4 atom stereocenters. The average Bonchev–Trinajstić information content (AvgIpc) is 3.21. The Bertz CT molecular complexity index is 724. The second-order valence-corrected chi connectivity index (χ2v) is 9.12. The van der Waals surface area contributed by atoms with Crippen LogP contribution in [0, 0.1) is 22.7 Å². The molecule has 1 N–H and O–H groups in total. The molecule has 4 nitrogen and oxygen atoms in total. The van der Waals surface area contributed by atoms with Gasteiger partial charge >= 0.3 is 0 Å². The third kappa shape index (κ3) is 1.78. The van der Waals surface area contributed by atoms with Crippen LogP contribution in [-0.4, -0.2) is 28.9 Å². The van der Waals surface area contributed by atoms with E-state index in [4.69, 9.17) is 4.74 Å². The molecule has 4 rings (SSSR count). The number of carbonyl (C=O) groups excluding carboxylic acids is 2. The maximum absolute atomic E-state index is 13.0. The van der Waals surface area contributed by atoms with Gasteiger partial charge in [-0.25, -0.2) is 0 Å². The quantitative estimate of drug-likeness (QED) is 0.454. The highest BCUT2D eigenvalue weighted by molar-refractivity contribution is 6.50. The fraction of sp³-hybridized carbons (Fsp3) is 0.700. The molecule has 1 saturated carbocycles. The molecule has 1 heterocycles. The van der Waals surface area contributed by atoms with Crippen LogP contribution in [0.5, 0.6) is 0 Å². The van der Waals surface area contributed by atoms with Crippen molar-refractivity contribution in [2.24, 2.45) is 22.7 Å². The van der Waals surface area contributed by atoms with E-state index in [1.165, 1.54) is 0 Å². The molecule has 3 unspecified atom stereocenters. The highest BCUT2D eigenvalue weighted by atomic mass is 16.6. The zero-order chi connectivity index (χ0) is 17.6. The molecule has 4 aliphatic rings. The van der Waals surface area contributed by atoms with Gasteiger partial charge in [0.25, 0.3) is 0 Å². The van der Waals surface area contributed by atoms with Gasteiger partial charge in [-0.1, -0.05) is 41.0 Å². The van der Waals surface area contributed by atoms with Gasteiger partial charge in [0.1, 0.15) is 11.9 Å². The molecule has 24 heavy (non-hydrogen) atoms. The van der Waals surface area contributed by atoms with Gasteiger partial charge in [0.05, 0.1) is 6.10 Å². The van der Waals surface area contributed by atoms with E-state index in [-0.39, 0.29) is 40.8 Å². The molecule has 1 saturated heterocycles. The first kappa shape index (κ1) is 16.1. The average molecular weight is 330 g/mol. The number of fused-ring (bicyclic) bond motifs is 5.